The number of anilines is 1. The summed E-state index contributed by atoms with van der Waals surface area (Å²) in [6, 6.07) is 12.0. The molecule has 2 aromatic rings. The molecule has 192 valence electrons. The molecule has 1 unspecified atom stereocenters. The summed E-state index contributed by atoms with van der Waals surface area (Å²) in [5.74, 6) is -3.07. The van der Waals surface area contributed by atoms with Gasteiger partial charge < -0.3 is 24.4 Å². The Bertz CT molecular complexity index is 1350. The van der Waals surface area contributed by atoms with Gasteiger partial charge in [0.1, 0.15) is 17.6 Å². The van der Waals surface area contributed by atoms with Gasteiger partial charge in [-0.15, -0.1) is 0 Å². The topological polar surface area (TPSA) is 96.4 Å². The predicted octanol–water partition coefficient (Wildman–Crippen LogP) is 2.60. The number of fused-ring (bicyclic) bond motifs is 3. The van der Waals surface area contributed by atoms with E-state index in [1.54, 1.807) is 24.8 Å². The molecule has 1 N–H and O–H groups in total. The van der Waals surface area contributed by atoms with Crippen LogP contribution in [0.4, 0.5) is 5.69 Å². The summed E-state index contributed by atoms with van der Waals surface area (Å²) in [4.78, 5) is 44.8. The third kappa shape index (κ3) is 3.39. The van der Waals surface area contributed by atoms with Crippen molar-refractivity contribution in [3.8, 4) is 0 Å². The normalized spacial score (nSPS) is 33.9. The Balaban J connectivity index is 1.50. The summed E-state index contributed by atoms with van der Waals surface area (Å²) < 4.78 is 12.2. The maximum Gasteiger partial charge on any atom is 0.313 e. The summed E-state index contributed by atoms with van der Waals surface area (Å²) in [7, 11) is 0. The van der Waals surface area contributed by atoms with Crippen LogP contribution in [0.3, 0.4) is 0 Å². The van der Waals surface area contributed by atoms with Gasteiger partial charge in [0.15, 0.2) is 0 Å². The second-order valence-electron chi connectivity index (χ2n) is 10.5. The molecule has 4 aliphatic rings. The van der Waals surface area contributed by atoms with E-state index < -0.39 is 41.1 Å². The molecule has 6 rings (SSSR count). The number of benzene rings is 2. The molecule has 0 bridgehead atoms. The summed E-state index contributed by atoms with van der Waals surface area (Å²) in [6.07, 6.45) is 7.91. The molecular weight excluding hydrogens is 472 g/mol. The minimum atomic E-state index is -1.38. The molecule has 1 spiro atoms. The Morgan fingerprint density at radius 1 is 1.03 bits per heavy atom. The smallest absolute Gasteiger partial charge is 0.313 e. The Hall–Kier alpha value is -3.49. The van der Waals surface area contributed by atoms with Crippen LogP contribution in [0.5, 0.6) is 0 Å². The summed E-state index contributed by atoms with van der Waals surface area (Å²) in [5, 5.41) is 12.1. The lowest BCUT2D eigenvalue weighted by molar-refractivity contribution is -0.160. The number of ether oxygens (including phenoxy) is 2. The maximum atomic E-state index is 14.4. The van der Waals surface area contributed by atoms with Crippen LogP contribution in [0.25, 0.3) is 10.8 Å². The van der Waals surface area contributed by atoms with Crippen LogP contribution in [0.15, 0.2) is 66.8 Å². The van der Waals surface area contributed by atoms with Crippen molar-refractivity contribution < 1.29 is 29.0 Å². The van der Waals surface area contributed by atoms with Gasteiger partial charge in [-0.25, -0.2) is 0 Å². The fraction of sp³-hybridized carbons (Fsp3) is 0.414. The van der Waals surface area contributed by atoms with E-state index in [0.717, 1.165) is 10.8 Å². The van der Waals surface area contributed by atoms with Crippen molar-refractivity contribution in [1.82, 2.24) is 4.90 Å². The number of aliphatic hydroxyl groups is 1. The highest BCUT2D eigenvalue weighted by Gasteiger charge is 2.75. The van der Waals surface area contributed by atoms with Crippen molar-refractivity contribution >= 4 is 34.2 Å². The Morgan fingerprint density at radius 3 is 2.59 bits per heavy atom. The third-order valence-corrected chi connectivity index (χ3v) is 8.24. The fourth-order valence-electron chi connectivity index (χ4n) is 6.57. The molecule has 0 aromatic heterocycles. The number of hydrogen-bond acceptors (Lipinski definition) is 6. The highest BCUT2D eigenvalue weighted by Crippen LogP contribution is 2.57. The van der Waals surface area contributed by atoms with Gasteiger partial charge in [0, 0.05) is 12.2 Å². The molecule has 0 radical (unpaired) electrons. The first-order valence-corrected chi connectivity index (χ1v) is 12.8. The summed E-state index contributed by atoms with van der Waals surface area (Å²) in [6.45, 7) is 3.65. The fourth-order valence-corrected chi connectivity index (χ4v) is 6.57. The van der Waals surface area contributed by atoms with E-state index in [2.05, 4.69) is 0 Å². The number of nitrogens with zero attached hydrogens (tertiary/aromatic N) is 2. The number of cyclic esters (lactones) is 1. The van der Waals surface area contributed by atoms with Crippen molar-refractivity contribution in [2.24, 2.45) is 11.8 Å². The number of rotatable bonds is 3. The Kier molecular flexibility index (Phi) is 5.51. The number of hydrogen-bond donors (Lipinski definition) is 1. The molecule has 4 heterocycles. The molecule has 8 nitrogen and oxygen atoms in total. The molecule has 8 heteroatoms. The molecule has 2 amide bonds. The van der Waals surface area contributed by atoms with Gasteiger partial charge in [0.25, 0.3) is 5.91 Å². The minimum Gasteiger partial charge on any atom is -0.465 e. The molecule has 2 fully saturated rings. The second kappa shape index (κ2) is 8.53. The van der Waals surface area contributed by atoms with Crippen LogP contribution >= 0.6 is 0 Å². The molecule has 2 aromatic carbocycles. The summed E-state index contributed by atoms with van der Waals surface area (Å²) in [5.41, 5.74) is -1.80. The van der Waals surface area contributed by atoms with E-state index in [9.17, 15) is 19.5 Å². The number of likely N-dealkylation sites (tertiary alicyclic amines) is 1. The average molecular weight is 503 g/mol. The third-order valence-electron chi connectivity index (χ3n) is 8.24. The SMILES string of the molecule is C[C@H](CO)N1C(=O)[C@@H]2[C@H]3C(=O)OCCC=C[C@@]3(C)O[C@@]23C=CCN(c2ccc4ccccc4c2)C(=O)C13. The van der Waals surface area contributed by atoms with Crippen molar-refractivity contribution in [2.75, 3.05) is 24.7 Å². The largest absolute Gasteiger partial charge is 0.465 e. The van der Waals surface area contributed by atoms with Gasteiger partial charge >= 0.3 is 5.97 Å². The van der Waals surface area contributed by atoms with Crippen LogP contribution in [-0.4, -0.2) is 70.8 Å². The van der Waals surface area contributed by atoms with Crippen molar-refractivity contribution in [3.63, 3.8) is 0 Å². The number of carbonyl (C=O) groups excluding carboxylic acids is 3. The first-order valence-electron chi connectivity index (χ1n) is 12.8. The number of esters is 1. The van der Waals surface area contributed by atoms with Gasteiger partial charge in [-0.05, 0) is 43.2 Å². The van der Waals surface area contributed by atoms with Gasteiger partial charge in [-0.2, -0.15) is 0 Å². The Labute approximate surface area is 215 Å². The first kappa shape index (κ1) is 23.9. The lowest BCUT2D eigenvalue weighted by Crippen LogP contribution is -2.58. The zero-order valence-electron chi connectivity index (χ0n) is 20.9. The zero-order chi connectivity index (χ0) is 25.9. The zero-order valence-corrected chi connectivity index (χ0v) is 20.9. The van der Waals surface area contributed by atoms with Crippen LogP contribution in [-0.2, 0) is 23.9 Å². The van der Waals surface area contributed by atoms with Crippen LogP contribution in [0.2, 0.25) is 0 Å². The maximum absolute atomic E-state index is 14.4. The lowest BCUT2D eigenvalue weighted by Gasteiger charge is -2.39. The van der Waals surface area contributed by atoms with Gasteiger partial charge in [0.05, 0.1) is 30.8 Å². The van der Waals surface area contributed by atoms with Gasteiger partial charge in [-0.1, -0.05) is 54.6 Å². The van der Waals surface area contributed by atoms with Crippen LogP contribution in [0.1, 0.15) is 20.3 Å². The lowest BCUT2D eigenvalue weighted by atomic mass is 9.74. The predicted molar refractivity (Wildman–Crippen MR) is 137 cm³/mol. The standard InChI is InChI=1S/C29H30N2O6/c1-18(17-32)31-24-26(34)30(21-11-10-19-8-3-4-9-20(19)16-21)14-7-13-29(24)22(25(31)33)23-27(35)36-15-6-5-12-28(23,2)37-29/h3-5,7-13,16,18,22-24,32H,6,14-15,17H2,1-2H3/t18-,22+,23+,24?,28-,29+/m1/s1. The van der Waals surface area contributed by atoms with E-state index in [0.29, 0.717) is 12.1 Å². The van der Waals surface area contributed by atoms with Crippen molar-refractivity contribution in [1.29, 1.82) is 0 Å². The van der Waals surface area contributed by atoms with E-state index >= 15 is 0 Å². The molecule has 2 saturated heterocycles. The minimum absolute atomic E-state index is 0.223. The van der Waals surface area contributed by atoms with Crippen molar-refractivity contribution in [2.45, 2.75) is 43.6 Å². The molecule has 0 saturated carbocycles. The number of carbonyl (C=O) groups is 3. The molecule has 0 aliphatic carbocycles. The molecule has 37 heavy (non-hydrogen) atoms. The van der Waals surface area contributed by atoms with Crippen LogP contribution < -0.4 is 4.90 Å². The molecular formula is C29H30N2O6. The van der Waals surface area contributed by atoms with Crippen LogP contribution in [0, 0.1) is 11.8 Å². The number of aliphatic hydroxyl groups excluding tert-OH is 1. The Morgan fingerprint density at radius 2 is 1.81 bits per heavy atom. The van der Waals surface area contributed by atoms with E-state index in [4.69, 9.17) is 9.47 Å². The van der Waals surface area contributed by atoms with E-state index in [-0.39, 0.29) is 31.6 Å². The molecule has 4 aliphatic heterocycles. The number of amides is 2. The molecule has 6 atom stereocenters. The quantitative estimate of drug-likeness (QED) is 0.512. The highest BCUT2D eigenvalue weighted by molar-refractivity contribution is 6.06. The first-order chi connectivity index (χ1) is 17.8. The monoisotopic (exact) mass is 502 g/mol. The van der Waals surface area contributed by atoms with E-state index in [1.165, 1.54) is 4.90 Å². The van der Waals surface area contributed by atoms with Gasteiger partial charge in [0.2, 0.25) is 5.91 Å². The summed E-state index contributed by atoms with van der Waals surface area (Å²) >= 11 is 0. The highest BCUT2D eigenvalue weighted by atomic mass is 16.6. The van der Waals surface area contributed by atoms with E-state index in [1.807, 2.05) is 60.7 Å². The van der Waals surface area contributed by atoms with Gasteiger partial charge in [-0.3, -0.25) is 14.4 Å². The second-order valence-corrected chi connectivity index (χ2v) is 10.5. The van der Waals surface area contributed by atoms with Crippen molar-refractivity contribution in [3.05, 3.63) is 66.8 Å². The average Bonchev–Trinajstić information content (AvgIpc) is 3.22.